The molecule has 0 atom stereocenters. The molecular weight excluding hydrogens is 208 g/mol. The first-order valence-corrected chi connectivity index (χ1v) is 5.70. The summed E-state index contributed by atoms with van der Waals surface area (Å²) in [5, 5.41) is 0. The smallest absolute Gasteiger partial charge is 0.129 e. The molecule has 1 fully saturated rings. The second-order valence-electron chi connectivity index (χ2n) is 4.83. The first-order chi connectivity index (χ1) is 7.46. The van der Waals surface area contributed by atoms with Crippen LogP contribution in [0.1, 0.15) is 42.4 Å². The van der Waals surface area contributed by atoms with Gasteiger partial charge >= 0.3 is 0 Å². The second-order valence-corrected chi connectivity index (χ2v) is 4.83. The molecule has 3 heteroatoms. The lowest BCUT2D eigenvalue weighted by molar-refractivity contribution is 0.444. The maximum absolute atomic E-state index is 13.5. The summed E-state index contributed by atoms with van der Waals surface area (Å²) >= 11 is 0. The monoisotopic (exact) mass is 225 g/mol. The molecule has 0 spiro atoms. The molecule has 88 valence electrons. The zero-order valence-electron chi connectivity index (χ0n) is 9.74. The van der Waals surface area contributed by atoms with E-state index in [-0.39, 0.29) is 0 Å². The van der Waals surface area contributed by atoms with Crippen molar-refractivity contribution in [3.8, 4) is 0 Å². The quantitative estimate of drug-likeness (QED) is 0.779. The van der Waals surface area contributed by atoms with Gasteiger partial charge in [0.05, 0.1) is 0 Å². The minimum atomic E-state index is -0.531. The molecule has 0 aromatic heterocycles. The Bertz CT molecular complexity index is 394. The van der Waals surface area contributed by atoms with Gasteiger partial charge in [0.25, 0.3) is 0 Å². The molecule has 1 aromatic carbocycles. The molecule has 0 unspecified atom stereocenters. The van der Waals surface area contributed by atoms with Crippen molar-refractivity contribution in [3.05, 3.63) is 34.4 Å². The molecule has 2 N–H and O–H groups in total. The molecule has 0 aliphatic heterocycles. The Morgan fingerprint density at radius 3 is 1.94 bits per heavy atom. The van der Waals surface area contributed by atoms with E-state index in [4.69, 9.17) is 5.73 Å². The zero-order chi connectivity index (χ0) is 11.9. The highest BCUT2D eigenvalue weighted by Gasteiger charge is 2.35. The SMILES string of the molecule is Cc1c(F)cc(F)c(C)c1C1(N)CCCC1. The minimum Gasteiger partial charge on any atom is -0.321 e. The number of benzene rings is 1. The van der Waals surface area contributed by atoms with E-state index in [2.05, 4.69) is 0 Å². The molecule has 1 aliphatic rings. The largest absolute Gasteiger partial charge is 0.321 e. The molecule has 0 saturated heterocycles. The molecule has 16 heavy (non-hydrogen) atoms. The fourth-order valence-corrected chi connectivity index (χ4v) is 2.85. The molecule has 1 nitrogen and oxygen atoms in total. The number of hydrogen-bond donors (Lipinski definition) is 1. The third-order valence-electron chi connectivity index (χ3n) is 3.71. The van der Waals surface area contributed by atoms with Gasteiger partial charge in [0.15, 0.2) is 0 Å². The summed E-state index contributed by atoms with van der Waals surface area (Å²) in [7, 11) is 0. The van der Waals surface area contributed by atoms with Crippen molar-refractivity contribution in [2.75, 3.05) is 0 Å². The first kappa shape index (κ1) is 11.5. The number of hydrogen-bond acceptors (Lipinski definition) is 1. The van der Waals surface area contributed by atoms with Gasteiger partial charge in [-0.2, -0.15) is 0 Å². The summed E-state index contributed by atoms with van der Waals surface area (Å²) in [5.74, 6) is -0.982. The van der Waals surface area contributed by atoms with Crippen molar-refractivity contribution in [2.45, 2.75) is 45.1 Å². The summed E-state index contributed by atoms with van der Waals surface area (Å²) in [6, 6.07) is 0.951. The van der Waals surface area contributed by atoms with Crippen LogP contribution in [0.2, 0.25) is 0 Å². The maximum Gasteiger partial charge on any atom is 0.129 e. The van der Waals surface area contributed by atoms with Gasteiger partial charge < -0.3 is 5.73 Å². The fourth-order valence-electron chi connectivity index (χ4n) is 2.85. The van der Waals surface area contributed by atoms with Gasteiger partial charge in [-0.25, -0.2) is 8.78 Å². The highest BCUT2D eigenvalue weighted by molar-refractivity contribution is 5.41. The fraction of sp³-hybridized carbons (Fsp3) is 0.538. The Hall–Kier alpha value is -0.960. The van der Waals surface area contributed by atoms with Crippen LogP contribution in [0.4, 0.5) is 8.78 Å². The highest BCUT2D eigenvalue weighted by atomic mass is 19.1. The predicted octanol–water partition coefficient (Wildman–Crippen LogP) is 3.31. The van der Waals surface area contributed by atoms with Crippen LogP contribution in [0.5, 0.6) is 0 Å². The van der Waals surface area contributed by atoms with Crippen LogP contribution in [0.3, 0.4) is 0 Å². The first-order valence-electron chi connectivity index (χ1n) is 5.70. The summed E-state index contributed by atoms with van der Waals surface area (Å²) in [6.45, 7) is 3.37. The molecule has 1 aliphatic carbocycles. The van der Waals surface area contributed by atoms with E-state index in [1.165, 1.54) is 0 Å². The van der Waals surface area contributed by atoms with E-state index in [9.17, 15) is 8.78 Å². The summed E-state index contributed by atoms with van der Waals surface area (Å²) in [5.41, 5.74) is 7.44. The van der Waals surface area contributed by atoms with Crippen molar-refractivity contribution in [3.63, 3.8) is 0 Å². The topological polar surface area (TPSA) is 26.0 Å². The summed E-state index contributed by atoms with van der Waals surface area (Å²) in [6.07, 6.45) is 3.70. The van der Waals surface area contributed by atoms with Crippen LogP contribution in [0.25, 0.3) is 0 Å². The average Bonchev–Trinajstić information content (AvgIpc) is 2.63. The Kier molecular flexibility index (Phi) is 2.74. The van der Waals surface area contributed by atoms with Crippen molar-refractivity contribution in [2.24, 2.45) is 5.73 Å². The molecule has 0 bridgehead atoms. The molecule has 0 heterocycles. The van der Waals surface area contributed by atoms with Crippen molar-refractivity contribution >= 4 is 0 Å². The van der Waals surface area contributed by atoms with Crippen molar-refractivity contribution in [1.82, 2.24) is 0 Å². The lowest BCUT2D eigenvalue weighted by atomic mass is 9.83. The number of halogens is 2. The third-order valence-corrected chi connectivity index (χ3v) is 3.71. The number of nitrogens with two attached hydrogens (primary N) is 1. The van der Waals surface area contributed by atoms with Gasteiger partial charge in [0.1, 0.15) is 11.6 Å². The standard InChI is InChI=1S/C13H17F2N/c1-8-10(14)7-11(15)9(2)12(8)13(16)5-3-4-6-13/h7H,3-6,16H2,1-2H3. The Labute approximate surface area is 94.7 Å². The van der Waals surface area contributed by atoms with Gasteiger partial charge in [0, 0.05) is 11.6 Å². The molecule has 0 amide bonds. The van der Waals surface area contributed by atoms with E-state index in [1.807, 2.05) is 0 Å². The second kappa shape index (κ2) is 3.81. The Balaban J connectivity index is 2.63. The van der Waals surface area contributed by atoms with Gasteiger partial charge in [-0.15, -0.1) is 0 Å². The lowest BCUT2D eigenvalue weighted by Gasteiger charge is -2.28. The zero-order valence-corrected chi connectivity index (χ0v) is 9.74. The average molecular weight is 225 g/mol. The van der Waals surface area contributed by atoms with E-state index in [1.54, 1.807) is 13.8 Å². The van der Waals surface area contributed by atoms with E-state index in [0.717, 1.165) is 31.7 Å². The van der Waals surface area contributed by atoms with Crippen molar-refractivity contribution < 1.29 is 8.78 Å². The predicted molar refractivity (Wildman–Crippen MR) is 60.2 cm³/mol. The van der Waals surface area contributed by atoms with Gasteiger partial charge in [0.2, 0.25) is 0 Å². The van der Waals surface area contributed by atoms with Crippen molar-refractivity contribution in [1.29, 1.82) is 0 Å². The normalized spacial score (nSPS) is 19.1. The third kappa shape index (κ3) is 1.63. The highest BCUT2D eigenvalue weighted by Crippen LogP contribution is 2.40. The summed E-state index contributed by atoms with van der Waals surface area (Å²) < 4.78 is 27.1. The minimum absolute atomic E-state index is 0.491. The van der Waals surface area contributed by atoms with Gasteiger partial charge in [-0.1, -0.05) is 12.8 Å². The van der Waals surface area contributed by atoms with Crippen LogP contribution >= 0.6 is 0 Å². The van der Waals surface area contributed by atoms with E-state index < -0.39 is 17.2 Å². The van der Waals surface area contributed by atoms with Crippen LogP contribution in [0.15, 0.2) is 6.07 Å². The number of rotatable bonds is 1. The molecule has 0 radical (unpaired) electrons. The maximum atomic E-state index is 13.5. The Morgan fingerprint density at radius 2 is 1.50 bits per heavy atom. The van der Waals surface area contributed by atoms with Crippen LogP contribution in [-0.2, 0) is 5.54 Å². The molecule has 2 rings (SSSR count). The molecule has 1 saturated carbocycles. The van der Waals surface area contributed by atoms with Gasteiger partial charge in [-0.3, -0.25) is 0 Å². The van der Waals surface area contributed by atoms with Crippen LogP contribution in [-0.4, -0.2) is 0 Å². The molecule has 1 aromatic rings. The van der Waals surface area contributed by atoms with Crippen LogP contribution in [0, 0.1) is 25.5 Å². The van der Waals surface area contributed by atoms with Crippen LogP contribution < -0.4 is 5.73 Å². The van der Waals surface area contributed by atoms with E-state index in [0.29, 0.717) is 16.7 Å². The Morgan fingerprint density at radius 1 is 1.06 bits per heavy atom. The lowest BCUT2D eigenvalue weighted by Crippen LogP contribution is -2.35. The van der Waals surface area contributed by atoms with Gasteiger partial charge in [-0.05, 0) is 43.4 Å². The molecular formula is C13H17F2N. The van der Waals surface area contributed by atoms with E-state index >= 15 is 0 Å². The summed E-state index contributed by atoms with van der Waals surface area (Å²) in [4.78, 5) is 0.